The summed E-state index contributed by atoms with van der Waals surface area (Å²) in [6, 6.07) is 6.89. The summed E-state index contributed by atoms with van der Waals surface area (Å²) in [5.41, 5.74) is 6.06. The monoisotopic (exact) mass is 311 g/mol. The highest BCUT2D eigenvalue weighted by atomic mass is 79.9. The number of hydrogen-bond acceptors (Lipinski definition) is 2. The highest BCUT2D eigenvalue weighted by molar-refractivity contribution is 9.10. The Morgan fingerprint density at radius 3 is 2.53 bits per heavy atom. The molecular formula is C11H13BrF3NO. The number of halogens is 4. The maximum absolute atomic E-state index is 12.4. The molecule has 2 atom stereocenters. The molecule has 0 amide bonds. The van der Waals surface area contributed by atoms with E-state index in [9.17, 15) is 13.2 Å². The molecule has 0 heterocycles. The van der Waals surface area contributed by atoms with Gasteiger partial charge in [-0.15, -0.1) is 0 Å². The molecule has 0 saturated heterocycles. The van der Waals surface area contributed by atoms with Gasteiger partial charge in [0.25, 0.3) is 0 Å². The molecule has 0 fully saturated rings. The highest BCUT2D eigenvalue weighted by Gasteiger charge is 2.38. The summed E-state index contributed by atoms with van der Waals surface area (Å²) in [7, 11) is 0. The topological polar surface area (TPSA) is 35.2 Å². The number of benzene rings is 1. The Kier molecular flexibility index (Phi) is 4.97. The van der Waals surface area contributed by atoms with Crippen LogP contribution in [-0.4, -0.2) is 18.8 Å². The van der Waals surface area contributed by atoms with E-state index in [0.29, 0.717) is 5.56 Å². The minimum Gasteiger partial charge on any atom is -0.360 e. The van der Waals surface area contributed by atoms with Crippen LogP contribution in [0.15, 0.2) is 28.7 Å². The molecule has 0 aliphatic rings. The molecule has 1 aromatic rings. The zero-order valence-electron chi connectivity index (χ0n) is 9.17. The lowest BCUT2D eigenvalue weighted by atomic mass is 10.1. The first-order valence-electron chi connectivity index (χ1n) is 5.02. The molecule has 0 radical (unpaired) electrons. The second-order valence-electron chi connectivity index (χ2n) is 3.60. The second-order valence-corrected chi connectivity index (χ2v) is 4.51. The van der Waals surface area contributed by atoms with E-state index >= 15 is 0 Å². The largest absolute Gasteiger partial charge is 0.414 e. The van der Waals surface area contributed by atoms with Crippen LogP contribution in [0.2, 0.25) is 0 Å². The fourth-order valence-electron chi connectivity index (χ4n) is 1.30. The van der Waals surface area contributed by atoms with Crippen LogP contribution < -0.4 is 5.73 Å². The van der Waals surface area contributed by atoms with Gasteiger partial charge in [-0.25, -0.2) is 0 Å². The Labute approximate surface area is 106 Å². The van der Waals surface area contributed by atoms with Crippen LogP contribution in [0.1, 0.15) is 18.6 Å². The molecule has 96 valence electrons. The van der Waals surface area contributed by atoms with E-state index in [-0.39, 0.29) is 6.54 Å². The lowest BCUT2D eigenvalue weighted by Gasteiger charge is -2.23. The SMILES string of the molecule is CC(OC(CN)c1cccc(Br)c1)C(F)(F)F. The second kappa shape index (κ2) is 5.84. The lowest BCUT2D eigenvalue weighted by Crippen LogP contribution is -2.32. The molecule has 0 saturated carbocycles. The van der Waals surface area contributed by atoms with Gasteiger partial charge in [-0.3, -0.25) is 0 Å². The van der Waals surface area contributed by atoms with E-state index in [0.717, 1.165) is 11.4 Å². The molecule has 1 rings (SSSR count). The van der Waals surface area contributed by atoms with Gasteiger partial charge in [0.2, 0.25) is 0 Å². The van der Waals surface area contributed by atoms with Gasteiger partial charge in [0.1, 0.15) is 0 Å². The zero-order valence-corrected chi connectivity index (χ0v) is 10.8. The fraction of sp³-hybridized carbons (Fsp3) is 0.455. The van der Waals surface area contributed by atoms with Crippen molar-refractivity contribution in [1.29, 1.82) is 0 Å². The smallest absolute Gasteiger partial charge is 0.360 e. The van der Waals surface area contributed by atoms with Crippen molar-refractivity contribution in [2.45, 2.75) is 25.3 Å². The first-order chi connectivity index (χ1) is 7.84. The molecule has 0 aliphatic heterocycles. The van der Waals surface area contributed by atoms with Gasteiger partial charge >= 0.3 is 6.18 Å². The minimum absolute atomic E-state index is 0.00310. The van der Waals surface area contributed by atoms with Crippen LogP contribution in [0.5, 0.6) is 0 Å². The Morgan fingerprint density at radius 1 is 1.41 bits per heavy atom. The Morgan fingerprint density at radius 2 is 2.06 bits per heavy atom. The molecule has 0 bridgehead atoms. The van der Waals surface area contributed by atoms with Crippen molar-refractivity contribution in [2.75, 3.05) is 6.54 Å². The quantitative estimate of drug-likeness (QED) is 0.924. The first kappa shape index (κ1) is 14.5. The van der Waals surface area contributed by atoms with Gasteiger partial charge in [-0.1, -0.05) is 28.1 Å². The number of hydrogen-bond donors (Lipinski definition) is 1. The average molecular weight is 312 g/mol. The normalized spacial score (nSPS) is 15.6. The predicted molar refractivity (Wildman–Crippen MR) is 62.5 cm³/mol. The third-order valence-electron chi connectivity index (χ3n) is 2.26. The van der Waals surface area contributed by atoms with E-state index in [1.807, 2.05) is 0 Å². The Hall–Kier alpha value is -0.590. The molecule has 0 spiro atoms. The van der Waals surface area contributed by atoms with Crippen molar-refractivity contribution in [3.05, 3.63) is 34.3 Å². The highest BCUT2D eigenvalue weighted by Crippen LogP contribution is 2.28. The molecule has 2 nitrogen and oxygen atoms in total. The van der Waals surface area contributed by atoms with Crippen LogP contribution in [0, 0.1) is 0 Å². The molecule has 6 heteroatoms. The summed E-state index contributed by atoms with van der Waals surface area (Å²) in [5, 5.41) is 0. The van der Waals surface area contributed by atoms with Gasteiger partial charge in [0.05, 0.1) is 6.10 Å². The van der Waals surface area contributed by atoms with Gasteiger partial charge in [0.15, 0.2) is 6.10 Å². The molecule has 1 aromatic carbocycles. The third kappa shape index (κ3) is 4.29. The van der Waals surface area contributed by atoms with E-state index < -0.39 is 18.4 Å². The van der Waals surface area contributed by atoms with E-state index in [4.69, 9.17) is 10.5 Å². The molecule has 2 N–H and O–H groups in total. The third-order valence-corrected chi connectivity index (χ3v) is 2.76. The molecular weight excluding hydrogens is 299 g/mol. The standard InChI is InChI=1S/C11H13BrF3NO/c1-7(11(13,14)15)17-10(6-16)8-3-2-4-9(12)5-8/h2-5,7,10H,6,16H2,1H3. The van der Waals surface area contributed by atoms with Crippen LogP contribution >= 0.6 is 15.9 Å². The summed E-state index contributed by atoms with van der Waals surface area (Å²) < 4.78 is 42.8. The number of ether oxygens (including phenoxy) is 1. The summed E-state index contributed by atoms with van der Waals surface area (Å²) in [4.78, 5) is 0. The molecule has 0 aliphatic carbocycles. The predicted octanol–water partition coefficient (Wildman–Crippen LogP) is 3.42. The average Bonchev–Trinajstić information content (AvgIpc) is 2.24. The first-order valence-corrected chi connectivity index (χ1v) is 5.81. The van der Waals surface area contributed by atoms with Crippen molar-refractivity contribution in [3.63, 3.8) is 0 Å². The number of nitrogens with two attached hydrogens (primary N) is 1. The summed E-state index contributed by atoms with van der Waals surface area (Å²) in [6.07, 6.45) is -6.97. The van der Waals surface area contributed by atoms with Crippen molar-refractivity contribution in [3.8, 4) is 0 Å². The van der Waals surface area contributed by atoms with Crippen LogP contribution in [0.4, 0.5) is 13.2 Å². The van der Waals surface area contributed by atoms with Crippen LogP contribution in [0.25, 0.3) is 0 Å². The van der Waals surface area contributed by atoms with E-state index in [1.54, 1.807) is 24.3 Å². The van der Waals surface area contributed by atoms with Crippen molar-refractivity contribution >= 4 is 15.9 Å². The maximum atomic E-state index is 12.4. The van der Waals surface area contributed by atoms with Crippen molar-refractivity contribution in [1.82, 2.24) is 0 Å². The van der Waals surface area contributed by atoms with Crippen LogP contribution in [0.3, 0.4) is 0 Å². The Bertz CT molecular complexity index is 370. The van der Waals surface area contributed by atoms with Crippen molar-refractivity contribution in [2.24, 2.45) is 5.73 Å². The van der Waals surface area contributed by atoms with E-state index in [1.165, 1.54) is 0 Å². The summed E-state index contributed by atoms with van der Waals surface area (Å²) >= 11 is 3.25. The summed E-state index contributed by atoms with van der Waals surface area (Å²) in [6.45, 7) is 0.970. The van der Waals surface area contributed by atoms with Gasteiger partial charge in [-0.2, -0.15) is 13.2 Å². The molecule has 17 heavy (non-hydrogen) atoms. The maximum Gasteiger partial charge on any atom is 0.414 e. The van der Waals surface area contributed by atoms with Crippen LogP contribution in [-0.2, 0) is 4.74 Å². The number of rotatable bonds is 4. The van der Waals surface area contributed by atoms with E-state index in [2.05, 4.69) is 15.9 Å². The molecule has 0 aromatic heterocycles. The lowest BCUT2D eigenvalue weighted by molar-refractivity contribution is -0.226. The zero-order chi connectivity index (χ0) is 13.1. The molecule has 2 unspecified atom stereocenters. The van der Waals surface area contributed by atoms with Gasteiger partial charge < -0.3 is 10.5 Å². The minimum atomic E-state index is -4.38. The fourth-order valence-corrected chi connectivity index (χ4v) is 1.72. The summed E-state index contributed by atoms with van der Waals surface area (Å²) in [5.74, 6) is 0. The van der Waals surface area contributed by atoms with Gasteiger partial charge in [0, 0.05) is 11.0 Å². The number of alkyl halides is 3. The Balaban J connectivity index is 2.79. The van der Waals surface area contributed by atoms with Crippen molar-refractivity contribution < 1.29 is 17.9 Å². The van der Waals surface area contributed by atoms with Gasteiger partial charge in [-0.05, 0) is 24.6 Å².